The van der Waals surface area contributed by atoms with Crippen LogP contribution in [-0.4, -0.2) is 30.6 Å². The van der Waals surface area contributed by atoms with Gasteiger partial charge < -0.3 is 14.8 Å². The number of hydrogen-bond donors (Lipinski definition) is 1. The maximum Gasteiger partial charge on any atom is 0.343 e. The molecule has 2 heterocycles. The maximum absolute atomic E-state index is 12.6. The minimum Gasteiger partial charge on any atom is -0.482 e. The third-order valence-electron chi connectivity index (χ3n) is 3.45. The van der Waals surface area contributed by atoms with Crippen molar-refractivity contribution in [1.82, 2.24) is 4.98 Å². The molecule has 2 aromatic heterocycles. The van der Waals surface area contributed by atoms with Crippen LogP contribution in [0.2, 0.25) is 0 Å². The molecule has 8 heteroatoms. The minimum atomic E-state index is -0.472. The van der Waals surface area contributed by atoms with Crippen molar-refractivity contribution in [3.8, 4) is 16.3 Å². The normalized spacial score (nSPS) is 10.4. The quantitative estimate of drug-likeness (QED) is 0.646. The number of ether oxygens (including phenoxy) is 2. The van der Waals surface area contributed by atoms with Gasteiger partial charge in [0.05, 0.1) is 12.8 Å². The van der Waals surface area contributed by atoms with Crippen molar-refractivity contribution in [3.63, 3.8) is 0 Å². The second-order valence-corrected chi connectivity index (χ2v) is 7.07. The number of nitrogens with one attached hydrogen (secondary N) is 1. The average molecular weight is 388 g/mol. The van der Waals surface area contributed by atoms with Gasteiger partial charge in [-0.05, 0) is 30.5 Å². The molecule has 134 valence electrons. The van der Waals surface area contributed by atoms with Crippen molar-refractivity contribution in [2.45, 2.75) is 6.92 Å². The number of methoxy groups -OCH3 is 1. The molecule has 0 spiro atoms. The third kappa shape index (κ3) is 4.27. The van der Waals surface area contributed by atoms with Crippen LogP contribution in [0.15, 0.2) is 41.1 Å². The van der Waals surface area contributed by atoms with Crippen LogP contribution in [-0.2, 0) is 9.53 Å². The van der Waals surface area contributed by atoms with E-state index in [1.54, 1.807) is 35.6 Å². The summed E-state index contributed by atoms with van der Waals surface area (Å²) in [6.07, 6.45) is 0. The van der Waals surface area contributed by atoms with E-state index >= 15 is 0 Å². The van der Waals surface area contributed by atoms with E-state index < -0.39 is 5.97 Å². The Morgan fingerprint density at radius 2 is 2.12 bits per heavy atom. The van der Waals surface area contributed by atoms with Gasteiger partial charge in [0.1, 0.15) is 15.6 Å². The lowest BCUT2D eigenvalue weighted by Gasteiger charge is -2.08. The molecule has 0 fully saturated rings. The molecule has 3 rings (SSSR count). The Morgan fingerprint density at radius 3 is 2.85 bits per heavy atom. The topological polar surface area (TPSA) is 77.5 Å². The van der Waals surface area contributed by atoms with Crippen LogP contribution in [0, 0.1) is 6.92 Å². The monoisotopic (exact) mass is 388 g/mol. The van der Waals surface area contributed by atoms with Crippen LogP contribution < -0.4 is 10.1 Å². The summed E-state index contributed by atoms with van der Waals surface area (Å²) in [4.78, 5) is 28.8. The van der Waals surface area contributed by atoms with E-state index in [4.69, 9.17) is 4.74 Å². The van der Waals surface area contributed by atoms with Crippen molar-refractivity contribution in [2.75, 3.05) is 19.0 Å². The Bertz CT molecular complexity index is 919. The van der Waals surface area contributed by atoms with E-state index in [0.717, 1.165) is 10.6 Å². The number of thiazole rings is 1. The largest absolute Gasteiger partial charge is 0.482 e. The molecule has 0 saturated carbocycles. The van der Waals surface area contributed by atoms with Gasteiger partial charge in [-0.1, -0.05) is 6.07 Å². The molecule has 0 saturated heterocycles. The number of esters is 1. The van der Waals surface area contributed by atoms with Gasteiger partial charge in [0.25, 0.3) is 5.91 Å². The van der Waals surface area contributed by atoms with Crippen LogP contribution in [0.4, 0.5) is 5.69 Å². The number of hydrogen-bond acceptors (Lipinski definition) is 7. The first-order chi connectivity index (χ1) is 12.6. The molecule has 0 aliphatic carbocycles. The zero-order chi connectivity index (χ0) is 18.5. The van der Waals surface area contributed by atoms with Crippen LogP contribution in [0.25, 0.3) is 10.6 Å². The van der Waals surface area contributed by atoms with Crippen molar-refractivity contribution in [3.05, 3.63) is 51.7 Å². The highest BCUT2D eigenvalue weighted by atomic mass is 32.1. The predicted octanol–water partition coefficient (Wildman–Crippen LogP) is 3.98. The Hall–Kier alpha value is -2.71. The lowest BCUT2D eigenvalue weighted by molar-refractivity contribution is -0.142. The summed E-state index contributed by atoms with van der Waals surface area (Å²) in [7, 11) is 1.30. The van der Waals surface area contributed by atoms with Gasteiger partial charge in [0, 0.05) is 22.7 Å². The molecule has 0 aliphatic rings. The molecule has 0 unspecified atom stereocenters. The number of aromatic nitrogens is 1. The molecular weight excluding hydrogens is 372 g/mol. The average Bonchev–Trinajstić information content (AvgIpc) is 3.29. The Balaban J connectivity index is 1.71. The molecule has 3 aromatic rings. The second-order valence-electron chi connectivity index (χ2n) is 5.29. The van der Waals surface area contributed by atoms with Gasteiger partial charge >= 0.3 is 5.97 Å². The first-order valence-electron chi connectivity index (χ1n) is 7.68. The zero-order valence-corrected chi connectivity index (χ0v) is 15.8. The van der Waals surface area contributed by atoms with Gasteiger partial charge in [-0.25, -0.2) is 9.78 Å². The molecule has 0 radical (unpaired) electrons. The van der Waals surface area contributed by atoms with E-state index in [2.05, 4.69) is 15.0 Å². The van der Waals surface area contributed by atoms with Crippen LogP contribution in [0.3, 0.4) is 0 Å². The van der Waals surface area contributed by atoms with Gasteiger partial charge in [0.2, 0.25) is 0 Å². The number of amides is 1. The van der Waals surface area contributed by atoms with Gasteiger partial charge in [-0.15, -0.1) is 11.3 Å². The predicted molar refractivity (Wildman–Crippen MR) is 102 cm³/mol. The molecule has 0 atom stereocenters. The molecule has 1 amide bonds. The zero-order valence-electron chi connectivity index (χ0n) is 14.1. The van der Waals surface area contributed by atoms with E-state index in [-0.39, 0.29) is 12.5 Å². The summed E-state index contributed by atoms with van der Waals surface area (Å²) < 4.78 is 9.86. The standard InChI is InChI=1S/C18H16N2O4S2/c1-11-16(26-18(19-11)12-6-7-25-10-12)17(22)20-13-4-3-5-14(8-13)24-9-15(21)23-2/h3-8,10H,9H2,1-2H3,(H,20,22). The summed E-state index contributed by atoms with van der Waals surface area (Å²) in [5.74, 6) is -0.236. The fraction of sp³-hybridized carbons (Fsp3) is 0.167. The van der Waals surface area contributed by atoms with Crippen molar-refractivity contribution < 1.29 is 19.1 Å². The number of carbonyl (C=O) groups is 2. The summed E-state index contributed by atoms with van der Waals surface area (Å²) >= 11 is 2.95. The number of rotatable bonds is 6. The Labute approximate surface area is 158 Å². The smallest absolute Gasteiger partial charge is 0.343 e. The molecule has 1 N–H and O–H groups in total. The van der Waals surface area contributed by atoms with Crippen LogP contribution in [0.1, 0.15) is 15.4 Å². The van der Waals surface area contributed by atoms with Crippen LogP contribution in [0.5, 0.6) is 5.75 Å². The van der Waals surface area contributed by atoms with Crippen LogP contribution >= 0.6 is 22.7 Å². The number of aryl methyl sites for hydroxylation is 1. The number of nitrogens with zero attached hydrogens (tertiary/aromatic N) is 1. The van der Waals surface area contributed by atoms with Gasteiger partial charge in [-0.3, -0.25) is 4.79 Å². The number of carbonyl (C=O) groups excluding carboxylic acids is 2. The summed E-state index contributed by atoms with van der Waals surface area (Å²) in [5, 5.41) is 7.64. The first-order valence-corrected chi connectivity index (χ1v) is 9.44. The van der Waals surface area contributed by atoms with E-state index in [1.165, 1.54) is 18.4 Å². The minimum absolute atomic E-state index is 0.189. The fourth-order valence-corrected chi connectivity index (χ4v) is 3.84. The lowest BCUT2D eigenvalue weighted by atomic mass is 10.3. The van der Waals surface area contributed by atoms with Gasteiger partial charge in [0.15, 0.2) is 6.61 Å². The summed E-state index contributed by atoms with van der Waals surface area (Å²) in [5.41, 5.74) is 2.27. The molecular formula is C18H16N2O4S2. The number of anilines is 1. The second kappa shape index (κ2) is 8.11. The highest BCUT2D eigenvalue weighted by molar-refractivity contribution is 7.17. The number of benzene rings is 1. The van der Waals surface area contributed by atoms with E-state index in [1.807, 2.05) is 23.8 Å². The van der Waals surface area contributed by atoms with Crippen molar-refractivity contribution in [2.24, 2.45) is 0 Å². The lowest BCUT2D eigenvalue weighted by Crippen LogP contribution is -2.13. The first kappa shape index (κ1) is 18.1. The molecule has 26 heavy (non-hydrogen) atoms. The highest BCUT2D eigenvalue weighted by Crippen LogP contribution is 2.30. The molecule has 0 aliphatic heterocycles. The summed E-state index contributed by atoms with van der Waals surface area (Å²) in [6.45, 7) is 1.63. The molecule has 1 aromatic carbocycles. The van der Waals surface area contributed by atoms with Crippen molar-refractivity contribution in [1.29, 1.82) is 0 Å². The number of thiophene rings is 1. The molecule has 6 nitrogen and oxygen atoms in total. The SMILES string of the molecule is COC(=O)COc1cccc(NC(=O)c2sc(-c3ccsc3)nc2C)c1. The highest BCUT2D eigenvalue weighted by Gasteiger charge is 2.17. The fourth-order valence-electron chi connectivity index (χ4n) is 2.17. The van der Waals surface area contributed by atoms with Crippen molar-refractivity contribution >= 4 is 40.2 Å². The third-order valence-corrected chi connectivity index (χ3v) is 5.34. The van der Waals surface area contributed by atoms with E-state index in [0.29, 0.717) is 22.0 Å². The molecule has 0 bridgehead atoms. The Kier molecular flexibility index (Phi) is 5.65. The summed E-state index contributed by atoms with van der Waals surface area (Å²) in [6, 6.07) is 8.81. The Morgan fingerprint density at radius 1 is 1.27 bits per heavy atom. The van der Waals surface area contributed by atoms with E-state index in [9.17, 15) is 9.59 Å². The van der Waals surface area contributed by atoms with Gasteiger partial charge in [-0.2, -0.15) is 11.3 Å². The maximum atomic E-state index is 12.6.